The monoisotopic (exact) mass is 458 g/mol. The lowest BCUT2D eigenvalue weighted by atomic mass is 10.0. The van der Waals surface area contributed by atoms with Crippen LogP contribution >= 0.6 is 0 Å². The molecule has 1 fully saturated rings. The van der Waals surface area contributed by atoms with Crippen LogP contribution < -0.4 is 4.90 Å². The number of aromatic nitrogens is 3. The van der Waals surface area contributed by atoms with Gasteiger partial charge in [0.05, 0.1) is 24.0 Å². The van der Waals surface area contributed by atoms with Crippen molar-refractivity contribution < 1.29 is 9.50 Å². The fraction of sp³-hybridized carbons (Fsp3) is 0.357. The number of aryl methyl sites for hydroxylation is 2. The third-order valence-corrected chi connectivity index (χ3v) is 6.78. The van der Waals surface area contributed by atoms with Crippen LogP contribution in [0.4, 0.5) is 10.2 Å². The van der Waals surface area contributed by atoms with Gasteiger partial charge in [0.25, 0.3) is 0 Å². The number of anilines is 1. The first-order valence-corrected chi connectivity index (χ1v) is 12.2. The van der Waals surface area contributed by atoms with E-state index < -0.39 is 0 Å². The number of unbranched alkanes of at least 4 members (excludes halogenated alkanes) is 1. The number of benzene rings is 2. The first kappa shape index (κ1) is 22.5. The topological polar surface area (TPSA) is 53.7 Å². The smallest absolute Gasteiger partial charge is 0.166 e. The lowest BCUT2D eigenvalue weighted by Crippen LogP contribution is -2.32. The molecule has 1 saturated heterocycles. The van der Waals surface area contributed by atoms with Gasteiger partial charge < -0.3 is 10.0 Å². The molecule has 1 unspecified atom stereocenters. The molecule has 1 aliphatic rings. The van der Waals surface area contributed by atoms with Crippen molar-refractivity contribution in [3.63, 3.8) is 0 Å². The Morgan fingerprint density at radius 1 is 1.06 bits per heavy atom. The number of fused-ring (bicyclic) bond motifs is 1. The predicted octanol–water partition coefficient (Wildman–Crippen LogP) is 5.81. The highest BCUT2D eigenvalue weighted by molar-refractivity contribution is 5.83. The van der Waals surface area contributed by atoms with Gasteiger partial charge >= 0.3 is 0 Å². The van der Waals surface area contributed by atoms with E-state index in [4.69, 9.17) is 10.1 Å². The number of aliphatic hydroxyl groups excluding tert-OH is 1. The molecule has 1 aliphatic heterocycles. The van der Waals surface area contributed by atoms with Crippen molar-refractivity contribution >= 4 is 11.5 Å². The minimum absolute atomic E-state index is 0.0568. The fourth-order valence-corrected chi connectivity index (χ4v) is 4.88. The maximum Gasteiger partial charge on any atom is 0.166 e. The third kappa shape index (κ3) is 4.18. The fourth-order valence-electron chi connectivity index (χ4n) is 4.88. The molecule has 3 heterocycles. The van der Waals surface area contributed by atoms with Crippen LogP contribution in [-0.2, 0) is 6.42 Å². The maximum absolute atomic E-state index is 13.7. The van der Waals surface area contributed by atoms with Crippen LogP contribution in [0.25, 0.3) is 28.0 Å². The molecule has 2 aromatic carbocycles. The maximum atomic E-state index is 13.7. The highest BCUT2D eigenvalue weighted by Crippen LogP contribution is 2.35. The molecule has 1 N–H and O–H groups in total. The van der Waals surface area contributed by atoms with E-state index in [0.29, 0.717) is 0 Å². The Hall–Kier alpha value is -3.25. The first-order valence-electron chi connectivity index (χ1n) is 12.2. The molecule has 34 heavy (non-hydrogen) atoms. The molecule has 5 nitrogen and oxygen atoms in total. The number of aliphatic hydroxyl groups is 1. The van der Waals surface area contributed by atoms with E-state index in [2.05, 4.69) is 43.0 Å². The number of nitrogens with zero attached hydrogens (tertiary/aromatic N) is 4. The molecule has 5 rings (SSSR count). The summed E-state index contributed by atoms with van der Waals surface area (Å²) < 4.78 is 15.6. The summed E-state index contributed by atoms with van der Waals surface area (Å²) >= 11 is 0. The van der Waals surface area contributed by atoms with Gasteiger partial charge in [-0.15, -0.1) is 0 Å². The summed E-state index contributed by atoms with van der Waals surface area (Å²) in [5.74, 6) is 0.567. The first-order chi connectivity index (χ1) is 16.6. The van der Waals surface area contributed by atoms with Gasteiger partial charge in [-0.05, 0) is 62.4 Å². The van der Waals surface area contributed by atoms with Crippen LogP contribution in [-0.4, -0.2) is 38.9 Å². The second-order valence-corrected chi connectivity index (χ2v) is 9.21. The summed E-state index contributed by atoms with van der Waals surface area (Å²) in [7, 11) is 0. The minimum Gasteiger partial charge on any atom is -0.394 e. The van der Waals surface area contributed by atoms with Gasteiger partial charge in [-0.3, -0.25) is 0 Å². The van der Waals surface area contributed by atoms with Crippen molar-refractivity contribution in [1.82, 2.24) is 14.6 Å². The molecule has 0 amide bonds. The van der Waals surface area contributed by atoms with E-state index in [1.54, 1.807) is 12.1 Å². The number of rotatable bonds is 7. The summed E-state index contributed by atoms with van der Waals surface area (Å²) in [6.45, 7) is 5.23. The van der Waals surface area contributed by atoms with Crippen LogP contribution in [0.3, 0.4) is 0 Å². The zero-order chi connectivity index (χ0) is 23.7. The molecule has 176 valence electrons. The Balaban J connectivity index is 1.78. The molecular formula is C28H31FN4O. The number of hydrogen-bond donors (Lipinski definition) is 1. The quantitative estimate of drug-likeness (QED) is 0.379. The van der Waals surface area contributed by atoms with Gasteiger partial charge in [0.15, 0.2) is 5.65 Å². The van der Waals surface area contributed by atoms with Crippen LogP contribution in [0.1, 0.15) is 43.9 Å². The number of hydrogen-bond acceptors (Lipinski definition) is 4. The highest BCUT2D eigenvalue weighted by atomic mass is 19.1. The van der Waals surface area contributed by atoms with Gasteiger partial charge in [-0.25, -0.2) is 13.9 Å². The molecule has 6 heteroatoms. The Labute approximate surface area is 199 Å². The Morgan fingerprint density at radius 3 is 2.50 bits per heavy atom. The highest BCUT2D eigenvalue weighted by Gasteiger charge is 2.27. The summed E-state index contributed by atoms with van der Waals surface area (Å²) in [6.07, 6.45) is 4.96. The van der Waals surface area contributed by atoms with E-state index in [9.17, 15) is 9.50 Å². The van der Waals surface area contributed by atoms with Gasteiger partial charge in [-0.2, -0.15) is 5.10 Å². The predicted molar refractivity (Wildman–Crippen MR) is 135 cm³/mol. The van der Waals surface area contributed by atoms with E-state index in [0.717, 1.165) is 78.2 Å². The SMILES string of the molecule is CCCCc1nn2c(-c3ccc(F)cc3)cc(N3CCCC3CO)nc2c1-c1ccc(C)cc1. The van der Waals surface area contributed by atoms with Crippen molar-refractivity contribution in [1.29, 1.82) is 0 Å². The average molecular weight is 459 g/mol. The van der Waals surface area contributed by atoms with Crippen molar-refractivity contribution in [2.24, 2.45) is 0 Å². The molecule has 0 bridgehead atoms. The van der Waals surface area contributed by atoms with Gasteiger partial charge in [0.2, 0.25) is 0 Å². The lowest BCUT2D eigenvalue weighted by molar-refractivity contribution is 0.266. The zero-order valence-corrected chi connectivity index (χ0v) is 19.8. The van der Waals surface area contributed by atoms with Crippen LogP contribution in [0, 0.1) is 12.7 Å². The molecule has 2 aromatic heterocycles. The van der Waals surface area contributed by atoms with Crippen molar-refractivity contribution in [2.75, 3.05) is 18.1 Å². The summed E-state index contributed by atoms with van der Waals surface area (Å²) in [5, 5.41) is 15.0. The van der Waals surface area contributed by atoms with E-state index in [-0.39, 0.29) is 18.5 Å². The Kier molecular flexibility index (Phi) is 6.33. The molecule has 4 aromatic rings. The molecule has 0 aliphatic carbocycles. The molecule has 0 spiro atoms. The minimum atomic E-state index is -0.265. The van der Waals surface area contributed by atoms with Crippen LogP contribution in [0.2, 0.25) is 0 Å². The van der Waals surface area contributed by atoms with E-state index in [1.165, 1.54) is 17.7 Å². The summed E-state index contributed by atoms with van der Waals surface area (Å²) in [4.78, 5) is 7.33. The molecule has 1 atom stereocenters. The van der Waals surface area contributed by atoms with Gasteiger partial charge in [-0.1, -0.05) is 43.2 Å². The van der Waals surface area contributed by atoms with E-state index in [1.807, 2.05) is 10.6 Å². The van der Waals surface area contributed by atoms with E-state index >= 15 is 0 Å². The lowest BCUT2D eigenvalue weighted by Gasteiger charge is -2.25. The molecule has 0 saturated carbocycles. The summed E-state index contributed by atoms with van der Waals surface area (Å²) in [5.41, 5.74) is 6.95. The van der Waals surface area contributed by atoms with Gasteiger partial charge in [0, 0.05) is 23.7 Å². The largest absolute Gasteiger partial charge is 0.394 e. The van der Waals surface area contributed by atoms with Crippen molar-refractivity contribution in [3.05, 3.63) is 71.7 Å². The van der Waals surface area contributed by atoms with Crippen LogP contribution in [0.15, 0.2) is 54.6 Å². The Bertz CT molecular complexity index is 1280. The van der Waals surface area contributed by atoms with Crippen molar-refractivity contribution in [3.8, 4) is 22.4 Å². The normalized spacial score (nSPS) is 16.0. The second kappa shape index (κ2) is 9.55. The number of halogens is 1. The molecule has 0 radical (unpaired) electrons. The second-order valence-electron chi connectivity index (χ2n) is 9.21. The Morgan fingerprint density at radius 2 is 1.79 bits per heavy atom. The zero-order valence-electron chi connectivity index (χ0n) is 19.8. The van der Waals surface area contributed by atoms with Gasteiger partial charge in [0.1, 0.15) is 11.6 Å². The van der Waals surface area contributed by atoms with Crippen molar-refractivity contribution in [2.45, 2.75) is 52.0 Å². The average Bonchev–Trinajstić information content (AvgIpc) is 3.47. The summed E-state index contributed by atoms with van der Waals surface area (Å²) in [6, 6.07) is 17.2. The third-order valence-electron chi connectivity index (χ3n) is 6.78. The molecular weight excluding hydrogens is 427 g/mol. The van der Waals surface area contributed by atoms with Crippen LogP contribution in [0.5, 0.6) is 0 Å². The standard InChI is InChI=1S/C28H31FN4O/c1-3-4-7-24-27(21-10-8-19(2)9-11-21)28-30-26(32-16-5-6-23(32)18-34)17-25(33(28)31-24)20-12-14-22(29)15-13-20/h8-15,17,23,34H,3-7,16,18H2,1-2H3.